The van der Waals surface area contributed by atoms with Crippen molar-refractivity contribution in [3.05, 3.63) is 42.0 Å². The van der Waals surface area contributed by atoms with Crippen LogP contribution in [0.1, 0.15) is 39.2 Å². The molecule has 0 fully saturated rings. The van der Waals surface area contributed by atoms with E-state index in [4.69, 9.17) is 10.5 Å². The van der Waals surface area contributed by atoms with Crippen LogP contribution in [0.3, 0.4) is 0 Å². The highest BCUT2D eigenvalue weighted by atomic mass is 16.5. The van der Waals surface area contributed by atoms with E-state index >= 15 is 0 Å². The Balaban J connectivity index is 2.17. The van der Waals surface area contributed by atoms with Gasteiger partial charge in [0.2, 0.25) is 0 Å². The molecule has 0 aromatic heterocycles. The minimum atomic E-state index is 0.209. The summed E-state index contributed by atoms with van der Waals surface area (Å²) in [6, 6.07) is 12.9. The van der Waals surface area contributed by atoms with Crippen molar-refractivity contribution < 1.29 is 4.74 Å². The summed E-state index contributed by atoms with van der Waals surface area (Å²) in [6.07, 6.45) is 3.13. The zero-order valence-corrected chi connectivity index (χ0v) is 13.6. The molecule has 0 aliphatic heterocycles. The van der Waals surface area contributed by atoms with Gasteiger partial charge in [-0.25, -0.2) is 0 Å². The van der Waals surface area contributed by atoms with Crippen LogP contribution < -0.4 is 10.5 Å². The lowest BCUT2D eigenvalue weighted by molar-refractivity contribution is 0.347. The summed E-state index contributed by atoms with van der Waals surface area (Å²) >= 11 is 0. The first-order valence-corrected chi connectivity index (χ1v) is 7.70. The first-order chi connectivity index (χ1) is 9.89. The molecule has 0 saturated carbocycles. The third kappa shape index (κ3) is 4.47. The molecule has 2 aromatic rings. The molecule has 0 aliphatic rings. The van der Waals surface area contributed by atoms with E-state index in [0.29, 0.717) is 5.41 Å². The topological polar surface area (TPSA) is 35.2 Å². The van der Waals surface area contributed by atoms with E-state index in [1.54, 1.807) is 7.11 Å². The molecule has 2 N–H and O–H groups in total. The van der Waals surface area contributed by atoms with E-state index in [9.17, 15) is 0 Å². The molecule has 1 unspecified atom stereocenters. The Morgan fingerprint density at radius 2 is 1.90 bits per heavy atom. The smallest absolute Gasteiger partial charge is 0.119 e. The number of hydrogen-bond acceptors (Lipinski definition) is 2. The van der Waals surface area contributed by atoms with Gasteiger partial charge >= 0.3 is 0 Å². The van der Waals surface area contributed by atoms with Gasteiger partial charge < -0.3 is 10.5 Å². The van der Waals surface area contributed by atoms with Gasteiger partial charge in [0.25, 0.3) is 0 Å². The molecule has 0 heterocycles. The highest BCUT2D eigenvalue weighted by molar-refractivity contribution is 5.87. The zero-order valence-electron chi connectivity index (χ0n) is 13.6. The van der Waals surface area contributed by atoms with Gasteiger partial charge in [-0.1, -0.05) is 45.0 Å². The molecule has 0 spiro atoms. The summed E-state index contributed by atoms with van der Waals surface area (Å²) in [7, 11) is 1.71. The molecule has 0 radical (unpaired) electrons. The fourth-order valence-electron chi connectivity index (χ4n) is 2.62. The average molecular weight is 285 g/mol. The Morgan fingerprint density at radius 3 is 2.57 bits per heavy atom. The van der Waals surface area contributed by atoms with E-state index in [0.717, 1.165) is 25.0 Å². The van der Waals surface area contributed by atoms with Crippen LogP contribution in [0.5, 0.6) is 5.75 Å². The number of benzene rings is 2. The molecule has 2 heteroatoms. The van der Waals surface area contributed by atoms with Crippen LogP contribution in [-0.4, -0.2) is 13.2 Å². The van der Waals surface area contributed by atoms with E-state index in [1.807, 2.05) is 6.07 Å². The number of ether oxygens (including phenoxy) is 1. The third-order valence-corrected chi connectivity index (χ3v) is 3.93. The van der Waals surface area contributed by atoms with Crippen LogP contribution in [0.4, 0.5) is 0 Å². The van der Waals surface area contributed by atoms with Crippen molar-refractivity contribution in [3.63, 3.8) is 0 Å². The molecule has 0 amide bonds. The summed E-state index contributed by atoms with van der Waals surface area (Å²) in [5.41, 5.74) is 8.00. The average Bonchev–Trinajstić information content (AvgIpc) is 2.44. The predicted molar refractivity (Wildman–Crippen MR) is 90.9 cm³/mol. The van der Waals surface area contributed by atoms with Gasteiger partial charge in [0.05, 0.1) is 7.11 Å². The maximum Gasteiger partial charge on any atom is 0.119 e. The van der Waals surface area contributed by atoms with Gasteiger partial charge in [0.1, 0.15) is 5.75 Å². The molecular formula is C19H27NO. The minimum Gasteiger partial charge on any atom is -0.497 e. The van der Waals surface area contributed by atoms with Crippen molar-refractivity contribution in [2.75, 3.05) is 7.11 Å². The summed E-state index contributed by atoms with van der Waals surface area (Å²) in [5, 5.41) is 2.50. The lowest BCUT2D eigenvalue weighted by Gasteiger charge is -2.21. The monoisotopic (exact) mass is 285 g/mol. The van der Waals surface area contributed by atoms with Crippen molar-refractivity contribution in [1.29, 1.82) is 0 Å². The van der Waals surface area contributed by atoms with Gasteiger partial charge in [0.15, 0.2) is 0 Å². The summed E-state index contributed by atoms with van der Waals surface area (Å²) < 4.78 is 5.34. The number of hydrogen-bond donors (Lipinski definition) is 1. The van der Waals surface area contributed by atoms with Crippen molar-refractivity contribution >= 4 is 10.8 Å². The molecule has 2 rings (SSSR count). The van der Waals surface area contributed by atoms with E-state index in [2.05, 4.69) is 51.1 Å². The van der Waals surface area contributed by atoms with Crippen molar-refractivity contribution in [1.82, 2.24) is 0 Å². The normalized spacial score (nSPS) is 13.4. The molecule has 21 heavy (non-hydrogen) atoms. The third-order valence-electron chi connectivity index (χ3n) is 3.93. The number of nitrogens with two attached hydrogens (primary N) is 1. The SMILES string of the molecule is COc1ccc2cccc(CC(N)CCC(C)(C)C)c2c1. The van der Waals surface area contributed by atoms with Gasteiger partial charge in [-0.2, -0.15) is 0 Å². The maximum absolute atomic E-state index is 6.34. The Labute approximate surface area is 128 Å². The fraction of sp³-hybridized carbons (Fsp3) is 0.474. The van der Waals surface area contributed by atoms with Crippen LogP contribution in [0.2, 0.25) is 0 Å². The maximum atomic E-state index is 6.34. The van der Waals surface area contributed by atoms with Crippen LogP contribution in [0, 0.1) is 5.41 Å². The van der Waals surface area contributed by atoms with Crippen LogP contribution in [-0.2, 0) is 6.42 Å². The molecule has 0 bridgehead atoms. The first kappa shape index (κ1) is 15.8. The lowest BCUT2D eigenvalue weighted by atomic mass is 9.87. The van der Waals surface area contributed by atoms with Crippen molar-refractivity contribution in [2.45, 2.75) is 46.1 Å². The molecular weight excluding hydrogens is 258 g/mol. The van der Waals surface area contributed by atoms with Gasteiger partial charge in [-0.15, -0.1) is 0 Å². The van der Waals surface area contributed by atoms with E-state index in [1.165, 1.54) is 16.3 Å². The number of rotatable bonds is 5. The Morgan fingerprint density at radius 1 is 1.14 bits per heavy atom. The summed E-state index contributed by atoms with van der Waals surface area (Å²) in [4.78, 5) is 0. The molecule has 0 saturated heterocycles. The van der Waals surface area contributed by atoms with Crippen LogP contribution >= 0.6 is 0 Å². The molecule has 0 aliphatic carbocycles. The highest BCUT2D eigenvalue weighted by Crippen LogP contribution is 2.26. The summed E-state index contributed by atoms with van der Waals surface area (Å²) in [6.45, 7) is 6.80. The fourth-order valence-corrected chi connectivity index (χ4v) is 2.62. The lowest BCUT2D eigenvalue weighted by Crippen LogP contribution is -2.24. The van der Waals surface area contributed by atoms with Crippen molar-refractivity contribution in [2.24, 2.45) is 11.1 Å². The molecule has 2 aromatic carbocycles. The second-order valence-electron chi connectivity index (χ2n) is 7.07. The van der Waals surface area contributed by atoms with E-state index < -0.39 is 0 Å². The Bertz CT molecular complexity index is 598. The highest BCUT2D eigenvalue weighted by Gasteiger charge is 2.14. The minimum absolute atomic E-state index is 0.209. The predicted octanol–water partition coefficient (Wildman–Crippen LogP) is 4.54. The molecule has 114 valence electrons. The van der Waals surface area contributed by atoms with Gasteiger partial charge in [-0.05, 0) is 53.1 Å². The number of fused-ring (bicyclic) bond motifs is 1. The number of methoxy groups -OCH3 is 1. The molecule has 2 nitrogen and oxygen atoms in total. The zero-order chi connectivity index (χ0) is 15.5. The van der Waals surface area contributed by atoms with Crippen LogP contribution in [0.15, 0.2) is 36.4 Å². The Kier molecular flexibility index (Phi) is 4.89. The van der Waals surface area contributed by atoms with Gasteiger partial charge in [-0.3, -0.25) is 0 Å². The van der Waals surface area contributed by atoms with Crippen LogP contribution in [0.25, 0.3) is 10.8 Å². The first-order valence-electron chi connectivity index (χ1n) is 7.70. The van der Waals surface area contributed by atoms with Gasteiger partial charge in [0, 0.05) is 6.04 Å². The van der Waals surface area contributed by atoms with E-state index in [-0.39, 0.29) is 6.04 Å². The largest absolute Gasteiger partial charge is 0.497 e. The summed E-state index contributed by atoms with van der Waals surface area (Å²) in [5.74, 6) is 0.901. The quantitative estimate of drug-likeness (QED) is 0.875. The Hall–Kier alpha value is -1.54. The van der Waals surface area contributed by atoms with Crippen molar-refractivity contribution in [3.8, 4) is 5.75 Å². The standard InChI is InChI=1S/C19H27NO/c1-19(2,3)11-10-16(20)12-15-7-5-6-14-8-9-17(21-4)13-18(14)15/h5-9,13,16H,10-12,20H2,1-4H3. The molecule has 1 atom stereocenters. The second kappa shape index (κ2) is 6.48. The second-order valence-corrected chi connectivity index (χ2v) is 7.07.